The highest BCUT2D eigenvalue weighted by molar-refractivity contribution is 5.87. The van der Waals surface area contributed by atoms with Crippen LogP contribution >= 0.6 is 0 Å². The summed E-state index contributed by atoms with van der Waals surface area (Å²) in [5.74, 6) is 0.450. The number of benzene rings is 2. The van der Waals surface area contributed by atoms with Gasteiger partial charge in [-0.05, 0) is 47.5 Å². The molecule has 0 radical (unpaired) electrons. The highest BCUT2D eigenvalue weighted by Crippen LogP contribution is 2.13. The molecule has 6 nitrogen and oxygen atoms in total. The molecule has 2 aromatic carbocycles. The van der Waals surface area contributed by atoms with E-state index in [1.165, 1.54) is 12.2 Å². The second-order valence-electron chi connectivity index (χ2n) is 5.55. The molecule has 2 rings (SSSR count). The molecule has 0 aliphatic carbocycles. The smallest absolute Gasteiger partial charge is 0.330 e. The molecule has 6 heteroatoms. The summed E-state index contributed by atoms with van der Waals surface area (Å²) >= 11 is 0. The number of carbonyl (C=O) groups excluding carboxylic acids is 2. The molecule has 0 spiro atoms. The molecule has 0 aliphatic rings. The van der Waals surface area contributed by atoms with E-state index >= 15 is 0 Å². The first kappa shape index (κ1) is 20.8. The summed E-state index contributed by atoms with van der Waals surface area (Å²) in [5.41, 5.74) is 1.68. The summed E-state index contributed by atoms with van der Waals surface area (Å²) in [5, 5.41) is 0. The summed E-state index contributed by atoms with van der Waals surface area (Å²) < 4.78 is 20.1. The summed E-state index contributed by atoms with van der Waals surface area (Å²) in [6.07, 6.45) is 5.89. The van der Waals surface area contributed by atoms with Crippen LogP contribution in [0.3, 0.4) is 0 Å². The summed E-state index contributed by atoms with van der Waals surface area (Å²) in [6.45, 7) is -0.0399. The molecule has 0 saturated heterocycles. The molecule has 0 amide bonds. The summed E-state index contributed by atoms with van der Waals surface area (Å²) in [7, 11) is 3.17. The van der Waals surface area contributed by atoms with Crippen molar-refractivity contribution in [3.8, 4) is 11.5 Å². The highest BCUT2D eigenvalue weighted by Gasteiger charge is 2.01. The Balaban J connectivity index is 1.66. The fourth-order valence-corrected chi connectivity index (χ4v) is 2.14. The van der Waals surface area contributed by atoms with Crippen molar-refractivity contribution >= 4 is 24.1 Å². The number of esters is 2. The van der Waals surface area contributed by atoms with Gasteiger partial charge in [0.1, 0.15) is 24.7 Å². The van der Waals surface area contributed by atoms with Crippen molar-refractivity contribution < 1.29 is 28.5 Å². The quantitative estimate of drug-likeness (QED) is 0.375. The van der Waals surface area contributed by atoms with E-state index in [1.54, 1.807) is 50.6 Å². The Kier molecular flexibility index (Phi) is 8.33. The van der Waals surface area contributed by atoms with Gasteiger partial charge in [0.05, 0.1) is 14.2 Å². The van der Waals surface area contributed by atoms with Gasteiger partial charge in [-0.2, -0.15) is 0 Å². The number of ether oxygens (including phenoxy) is 4. The predicted octanol–water partition coefficient (Wildman–Crippen LogP) is 3.52. The van der Waals surface area contributed by atoms with E-state index in [2.05, 4.69) is 0 Å². The number of carbonyl (C=O) groups is 2. The van der Waals surface area contributed by atoms with Gasteiger partial charge in [0.25, 0.3) is 0 Å². The van der Waals surface area contributed by atoms with Gasteiger partial charge < -0.3 is 18.9 Å². The van der Waals surface area contributed by atoms with Gasteiger partial charge in [0.2, 0.25) is 0 Å². The Labute approximate surface area is 164 Å². The predicted molar refractivity (Wildman–Crippen MR) is 106 cm³/mol. The van der Waals surface area contributed by atoms with Crippen LogP contribution in [0.4, 0.5) is 0 Å². The van der Waals surface area contributed by atoms with Gasteiger partial charge in [-0.15, -0.1) is 0 Å². The molecule has 0 aliphatic heterocycles. The van der Waals surface area contributed by atoms with E-state index in [0.717, 1.165) is 22.6 Å². The Morgan fingerprint density at radius 3 is 1.36 bits per heavy atom. The van der Waals surface area contributed by atoms with Crippen LogP contribution in [0.2, 0.25) is 0 Å². The van der Waals surface area contributed by atoms with Crippen LogP contribution in [0.5, 0.6) is 11.5 Å². The monoisotopic (exact) mass is 382 g/mol. The zero-order chi connectivity index (χ0) is 20.2. The Bertz CT molecular complexity index is 748. The van der Waals surface area contributed by atoms with Gasteiger partial charge in [-0.25, -0.2) is 9.59 Å². The topological polar surface area (TPSA) is 71.1 Å². The minimum Gasteiger partial charge on any atom is -0.497 e. The average molecular weight is 382 g/mol. The van der Waals surface area contributed by atoms with Gasteiger partial charge in [-0.3, -0.25) is 0 Å². The molecule has 2 aromatic rings. The number of hydrogen-bond donors (Lipinski definition) is 0. The molecule has 0 unspecified atom stereocenters. The van der Waals surface area contributed by atoms with Crippen LogP contribution in [0.1, 0.15) is 11.1 Å². The van der Waals surface area contributed by atoms with Crippen molar-refractivity contribution in [2.75, 3.05) is 27.4 Å². The first-order valence-electron chi connectivity index (χ1n) is 8.58. The van der Waals surface area contributed by atoms with Crippen molar-refractivity contribution in [3.63, 3.8) is 0 Å². The van der Waals surface area contributed by atoms with Crippen LogP contribution in [-0.4, -0.2) is 39.4 Å². The van der Waals surface area contributed by atoms with Crippen LogP contribution in [0.25, 0.3) is 12.2 Å². The van der Waals surface area contributed by atoms with E-state index in [1.807, 2.05) is 24.3 Å². The second-order valence-corrected chi connectivity index (χ2v) is 5.55. The fraction of sp³-hybridized carbons (Fsp3) is 0.182. The van der Waals surface area contributed by atoms with Crippen LogP contribution in [0.15, 0.2) is 60.7 Å². The normalized spacial score (nSPS) is 10.8. The maximum Gasteiger partial charge on any atom is 0.330 e. The summed E-state index contributed by atoms with van der Waals surface area (Å²) in [4.78, 5) is 23.3. The van der Waals surface area contributed by atoms with E-state index in [-0.39, 0.29) is 13.2 Å². The third kappa shape index (κ3) is 7.37. The molecular formula is C22H22O6. The molecule has 0 bridgehead atoms. The zero-order valence-corrected chi connectivity index (χ0v) is 15.8. The Morgan fingerprint density at radius 2 is 1.04 bits per heavy atom. The second kappa shape index (κ2) is 11.2. The fourth-order valence-electron chi connectivity index (χ4n) is 2.14. The van der Waals surface area contributed by atoms with Gasteiger partial charge in [0, 0.05) is 12.2 Å². The van der Waals surface area contributed by atoms with Crippen molar-refractivity contribution in [3.05, 3.63) is 71.8 Å². The van der Waals surface area contributed by atoms with Crippen molar-refractivity contribution in [2.45, 2.75) is 0 Å². The van der Waals surface area contributed by atoms with Crippen LogP contribution in [0, 0.1) is 0 Å². The highest BCUT2D eigenvalue weighted by atomic mass is 16.6. The third-order valence-electron chi connectivity index (χ3n) is 3.63. The molecule has 146 valence electrons. The standard InChI is InChI=1S/C22H22O6/c1-25-19-9-3-17(4-10-19)7-13-21(23)27-15-16-28-22(24)14-8-18-5-11-20(26-2)12-6-18/h3-14H,15-16H2,1-2H3/b13-7+,14-8+. The average Bonchev–Trinajstić information content (AvgIpc) is 2.74. The van der Waals surface area contributed by atoms with E-state index in [0.29, 0.717) is 0 Å². The first-order chi connectivity index (χ1) is 13.6. The van der Waals surface area contributed by atoms with Crippen molar-refractivity contribution in [2.24, 2.45) is 0 Å². The first-order valence-corrected chi connectivity index (χ1v) is 8.58. The largest absolute Gasteiger partial charge is 0.497 e. The van der Waals surface area contributed by atoms with Gasteiger partial charge in [0.15, 0.2) is 0 Å². The lowest BCUT2D eigenvalue weighted by molar-refractivity contribution is -0.145. The van der Waals surface area contributed by atoms with E-state index in [4.69, 9.17) is 18.9 Å². The molecule has 0 fully saturated rings. The molecule has 28 heavy (non-hydrogen) atoms. The lowest BCUT2D eigenvalue weighted by atomic mass is 10.2. The van der Waals surface area contributed by atoms with Crippen LogP contribution in [-0.2, 0) is 19.1 Å². The number of methoxy groups -OCH3 is 2. The molecule has 0 aromatic heterocycles. The van der Waals surface area contributed by atoms with E-state index in [9.17, 15) is 9.59 Å². The lowest BCUT2D eigenvalue weighted by Gasteiger charge is -2.03. The molecule has 0 saturated carbocycles. The van der Waals surface area contributed by atoms with Gasteiger partial charge in [-0.1, -0.05) is 24.3 Å². The minimum atomic E-state index is -0.513. The Hall–Kier alpha value is -3.54. The maximum atomic E-state index is 11.6. The van der Waals surface area contributed by atoms with Crippen molar-refractivity contribution in [1.29, 1.82) is 0 Å². The zero-order valence-electron chi connectivity index (χ0n) is 15.8. The van der Waals surface area contributed by atoms with Crippen LogP contribution < -0.4 is 9.47 Å². The van der Waals surface area contributed by atoms with Crippen molar-refractivity contribution in [1.82, 2.24) is 0 Å². The molecular weight excluding hydrogens is 360 g/mol. The SMILES string of the molecule is COc1ccc(/C=C/C(=O)OCCOC(=O)/C=C/c2ccc(OC)cc2)cc1. The van der Waals surface area contributed by atoms with Gasteiger partial charge >= 0.3 is 11.9 Å². The Morgan fingerprint density at radius 1 is 0.679 bits per heavy atom. The number of rotatable bonds is 9. The summed E-state index contributed by atoms with van der Waals surface area (Å²) in [6, 6.07) is 14.5. The number of hydrogen-bond acceptors (Lipinski definition) is 6. The maximum absolute atomic E-state index is 11.6. The molecule has 0 N–H and O–H groups in total. The molecule has 0 heterocycles. The minimum absolute atomic E-state index is 0.0199. The third-order valence-corrected chi connectivity index (χ3v) is 3.63. The molecule has 0 atom stereocenters. The lowest BCUT2D eigenvalue weighted by Crippen LogP contribution is -2.11. The van der Waals surface area contributed by atoms with E-state index < -0.39 is 11.9 Å².